The Morgan fingerprint density at radius 2 is 1.92 bits per heavy atom. The molecule has 7 heteroatoms. The highest BCUT2D eigenvalue weighted by Crippen LogP contribution is 2.19. The van der Waals surface area contributed by atoms with E-state index in [1.807, 2.05) is 0 Å². The van der Waals surface area contributed by atoms with E-state index in [1.165, 1.54) is 25.7 Å². The van der Waals surface area contributed by atoms with Gasteiger partial charge >= 0.3 is 6.03 Å². The summed E-state index contributed by atoms with van der Waals surface area (Å²) in [7, 11) is 0. The molecule has 26 heavy (non-hydrogen) atoms. The number of nitrogens with one attached hydrogen (secondary N) is 1. The average Bonchev–Trinajstić information content (AvgIpc) is 2.91. The first-order chi connectivity index (χ1) is 12.6. The zero-order chi connectivity index (χ0) is 18.4. The minimum atomic E-state index is -0.666. The second kappa shape index (κ2) is 8.89. The lowest BCUT2D eigenvalue weighted by Gasteiger charge is -2.27. The summed E-state index contributed by atoms with van der Waals surface area (Å²) in [6.07, 6.45) is 12.8. The number of likely N-dealkylation sites (tertiary alicyclic amines) is 1. The van der Waals surface area contributed by atoms with Crippen molar-refractivity contribution in [1.29, 1.82) is 0 Å². The minimum absolute atomic E-state index is 0.272. The van der Waals surface area contributed by atoms with Crippen LogP contribution in [0, 0.1) is 5.92 Å². The van der Waals surface area contributed by atoms with Gasteiger partial charge < -0.3 is 10.2 Å². The van der Waals surface area contributed by atoms with Gasteiger partial charge in [-0.3, -0.25) is 14.5 Å². The van der Waals surface area contributed by atoms with Crippen molar-refractivity contribution >= 4 is 23.6 Å². The molecule has 1 N–H and O–H groups in total. The molecule has 1 unspecified atom stereocenters. The van der Waals surface area contributed by atoms with E-state index < -0.39 is 11.9 Å². The van der Waals surface area contributed by atoms with E-state index in [0.717, 1.165) is 31.0 Å². The van der Waals surface area contributed by atoms with Crippen LogP contribution in [0.5, 0.6) is 0 Å². The van der Waals surface area contributed by atoms with Crippen molar-refractivity contribution in [3.05, 3.63) is 24.3 Å². The Balaban J connectivity index is 1.42. The molecule has 0 spiro atoms. The third kappa shape index (κ3) is 4.66. The number of hydrogen-bond acceptors (Lipinski definition) is 4. The topological polar surface area (TPSA) is 82.1 Å². The maximum Gasteiger partial charge on any atom is 0.351 e. The number of fused-ring (bicyclic) bond motifs is 1. The quantitative estimate of drug-likeness (QED) is 0.730. The Kier molecular flexibility index (Phi) is 6.33. The number of carbonyl (C=O) groups is 3. The van der Waals surface area contributed by atoms with Crippen LogP contribution in [0.2, 0.25) is 0 Å². The first-order valence-corrected chi connectivity index (χ1v) is 9.43. The molecule has 0 aromatic carbocycles. The SMILES string of the molecule is O=C(CN1C(=O)N=C2C=CC=CC2C1=O)NCCCN1CCCCCC1. The molecule has 1 aliphatic carbocycles. The van der Waals surface area contributed by atoms with Gasteiger partial charge in [0, 0.05) is 6.54 Å². The monoisotopic (exact) mass is 358 g/mol. The minimum Gasteiger partial charge on any atom is -0.354 e. The molecule has 2 aliphatic heterocycles. The van der Waals surface area contributed by atoms with E-state index in [-0.39, 0.29) is 18.4 Å². The maximum absolute atomic E-state index is 12.4. The molecular weight excluding hydrogens is 332 g/mol. The van der Waals surface area contributed by atoms with Gasteiger partial charge in [0.25, 0.3) is 0 Å². The second-order valence-corrected chi connectivity index (χ2v) is 6.92. The lowest BCUT2D eigenvalue weighted by Crippen LogP contribution is -2.50. The second-order valence-electron chi connectivity index (χ2n) is 6.92. The molecule has 0 saturated carbocycles. The van der Waals surface area contributed by atoms with Crippen LogP contribution in [-0.2, 0) is 9.59 Å². The number of nitrogens with zero attached hydrogens (tertiary/aromatic N) is 3. The molecule has 0 bridgehead atoms. The summed E-state index contributed by atoms with van der Waals surface area (Å²) in [6.45, 7) is 3.51. The van der Waals surface area contributed by atoms with Crippen LogP contribution < -0.4 is 5.32 Å². The summed E-state index contributed by atoms with van der Waals surface area (Å²) in [5.41, 5.74) is 0.441. The summed E-state index contributed by atoms with van der Waals surface area (Å²) in [5, 5.41) is 2.81. The summed E-state index contributed by atoms with van der Waals surface area (Å²) < 4.78 is 0. The van der Waals surface area contributed by atoms with Crippen LogP contribution in [0.1, 0.15) is 32.1 Å². The Hall–Kier alpha value is -2.28. The molecule has 3 rings (SSSR count). The van der Waals surface area contributed by atoms with E-state index >= 15 is 0 Å². The van der Waals surface area contributed by atoms with E-state index in [9.17, 15) is 14.4 Å². The fraction of sp³-hybridized carbons (Fsp3) is 0.579. The molecule has 0 aromatic heterocycles. The number of aliphatic imine (C=N–C) groups is 1. The van der Waals surface area contributed by atoms with Crippen molar-refractivity contribution in [2.75, 3.05) is 32.7 Å². The van der Waals surface area contributed by atoms with E-state index in [4.69, 9.17) is 0 Å². The summed E-state index contributed by atoms with van der Waals surface area (Å²) in [4.78, 5) is 43.9. The Bertz CT molecular complexity index is 645. The third-order valence-corrected chi connectivity index (χ3v) is 4.96. The molecule has 3 aliphatic rings. The van der Waals surface area contributed by atoms with Crippen LogP contribution in [0.3, 0.4) is 0 Å². The van der Waals surface area contributed by atoms with Gasteiger partial charge in [-0.2, -0.15) is 4.99 Å². The lowest BCUT2D eigenvalue weighted by atomic mass is 9.95. The highest BCUT2D eigenvalue weighted by molar-refractivity contribution is 6.22. The molecule has 1 atom stereocenters. The number of rotatable bonds is 6. The zero-order valence-electron chi connectivity index (χ0n) is 15.0. The summed E-state index contributed by atoms with van der Waals surface area (Å²) >= 11 is 0. The number of amides is 4. The average molecular weight is 358 g/mol. The van der Waals surface area contributed by atoms with Crippen molar-refractivity contribution in [3.8, 4) is 0 Å². The Morgan fingerprint density at radius 1 is 1.15 bits per heavy atom. The number of carbonyl (C=O) groups excluding carboxylic acids is 3. The molecule has 0 radical (unpaired) electrons. The van der Waals surface area contributed by atoms with E-state index in [0.29, 0.717) is 12.3 Å². The Morgan fingerprint density at radius 3 is 2.69 bits per heavy atom. The molecule has 0 aromatic rings. The van der Waals surface area contributed by atoms with Crippen molar-refractivity contribution in [1.82, 2.24) is 15.1 Å². The van der Waals surface area contributed by atoms with Crippen LogP contribution in [0.15, 0.2) is 29.3 Å². The summed E-state index contributed by atoms with van der Waals surface area (Å²) in [6, 6.07) is -0.666. The summed E-state index contributed by atoms with van der Waals surface area (Å²) in [5.74, 6) is -1.27. The van der Waals surface area contributed by atoms with Gasteiger partial charge in [0.15, 0.2) is 0 Å². The van der Waals surface area contributed by atoms with Gasteiger partial charge in [0.05, 0.1) is 11.6 Å². The van der Waals surface area contributed by atoms with E-state index in [1.54, 1.807) is 24.3 Å². The fourth-order valence-corrected chi connectivity index (χ4v) is 3.52. The van der Waals surface area contributed by atoms with Gasteiger partial charge in [-0.25, -0.2) is 4.79 Å². The van der Waals surface area contributed by atoms with Crippen LogP contribution in [0.25, 0.3) is 0 Å². The first-order valence-electron chi connectivity index (χ1n) is 9.43. The van der Waals surface area contributed by atoms with Gasteiger partial charge in [0.2, 0.25) is 11.8 Å². The predicted molar refractivity (Wildman–Crippen MR) is 98.8 cm³/mol. The number of urea groups is 1. The number of allylic oxidation sites excluding steroid dienone is 3. The molecule has 4 amide bonds. The number of imide groups is 1. The molecule has 1 fully saturated rings. The lowest BCUT2D eigenvalue weighted by molar-refractivity contribution is -0.134. The number of hydrogen-bond donors (Lipinski definition) is 1. The largest absolute Gasteiger partial charge is 0.354 e. The van der Waals surface area contributed by atoms with E-state index in [2.05, 4.69) is 15.2 Å². The van der Waals surface area contributed by atoms with Crippen LogP contribution >= 0.6 is 0 Å². The van der Waals surface area contributed by atoms with Gasteiger partial charge in [-0.1, -0.05) is 31.1 Å². The van der Waals surface area contributed by atoms with Gasteiger partial charge in [-0.15, -0.1) is 0 Å². The third-order valence-electron chi connectivity index (χ3n) is 4.96. The normalized spacial score (nSPS) is 23.5. The maximum atomic E-state index is 12.4. The molecule has 2 heterocycles. The first kappa shape index (κ1) is 18.5. The van der Waals surface area contributed by atoms with Crippen molar-refractivity contribution in [2.24, 2.45) is 10.9 Å². The Labute approximate surface area is 153 Å². The highest BCUT2D eigenvalue weighted by atomic mass is 16.2. The molecule has 7 nitrogen and oxygen atoms in total. The van der Waals surface area contributed by atoms with Crippen molar-refractivity contribution < 1.29 is 14.4 Å². The fourth-order valence-electron chi connectivity index (χ4n) is 3.52. The van der Waals surface area contributed by atoms with Gasteiger partial charge in [-0.05, 0) is 45.0 Å². The molecular formula is C19H26N4O3. The van der Waals surface area contributed by atoms with Crippen molar-refractivity contribution in [2.45, 2.75) is 32.1 Å². The van der Waals surface area contributed by atoms with Crippen molar-refractivity contribution in [3.63, 3.8) is 0 Å². The van der Waals surface area contributed by atoms with Gasteiger partial charge in [0.1, 0.15) is 6.54 Å². The predicted octanol–water partition coefficient (Wildman–Crippen LogP) is 1.51. The highest BCUT2D eigenvalue weighted by Gasteiger charge is 2.36. The molecule has 140 valence electrons. The van der Waals surface area contributed by atoms with Crippen LogP contribution in [0.4, 0.5) is 4.79 Å². The smallest absolute Gasteiger partial charge is 0.351 e. The molecule has 1 saturated heterocycles. The van der Waals surface area contributed by atoms with Crippen LogP contribution in [-0.4, -0.2) is 66.1 Å². The zero-order valence-corrected chi connectivity index (χ0v) is 15.0. The standard InChI is InChI=1S/C19H26N4O3/c24-17(20-10-7-13-22-11-5-1-2-6-12-22)14-23-18(25)15-8-3-4-9-16(15)21-19(23)26/h3-4,8-9,15H,1-2,5-7,10-14H2,(H,20,24).